The monoisotopic (exact) mass is 405 g/mol. The van der Waals surface area contributed by atoms with Gasteiger partial charge in [0.2, 0.25) is 0 Å². The summed E-state index contributed by atoms with van der Waals surface area (Å²) in [5.41, 5.74) is 3.85. The van der Waals surface area contributed by atoms with E-state index in [1.807, 2.05) is 30.3 Å². The summed E-state index contributed by atoms with van der Waals surface area (Å²) in [5, 5.41) is 1.06. The van der Waals surface area contributed by atoms with Crippen molar-refractivity contribution in [2.24, 2.45) is 0 Å². The fourth-order valence-electron chi connectivity index (χ4n) is 3.50. The Hall–Kier alpha value is -3.38. The second kappa shape index (κ2) is 8.97. The first-order valence-electron chi connectivity index (χ1n) is 9.81. The molecule has 0 aliphatic heterocycles. The molecule has 5 nitrogen and oxygen atoms in total. The Balaban J connectivity index is 1.51. The van der Waals surface area contributed by atoms with E-state index in [-0.39, 0.29) is 5.82 Å². The third-order valence-corrected chi connectivity index (χ3v) is 5.04. The molecule has 0 fully saturated rings. The zero-order chi connectivity index (χ0) is 20.9. The van der Waals surface area contributed by atoms with Crippen LogP contribution in [0, 0.1) is 5.82 Å². The average molecular weight is 405 g/mol. The van der Waals surface area contributed by atoms with Gasteiger partial charge in [-0.05, 0) is 61.1 Å². The Morgan fingerprint density at radius 3 is 2.53 bits per heavy atom. The molecule has 0 unspecified atom stereocenters. The molecule has 0 radical (unpaired) electrons. The lowest BCUT2D eigenvalue weighted by atomic mass is 10.1. The number of ether oxygens (including phenoxy) is 2. The summed E-state index contributed by atoms with van der Waals surface area (Å²) in [7, 11) is 3.69. The molecule has 2 aromatic carbocycles. The molecule has 1 N–H and O–H groups in total. The van der Waals surface area contributed by atoms with Gasteiger partial charge in [0.25, 0.3) is 0 Å². The van der Waals surface area contributed by atoms with E-state index >= 15 is 0 Å². The number of nitrogens with zero attached hydrogens (tertiary/aromatic N) is 2. The van der Waals surface area contributed by atoms with Crippen molar-refractivity contribution in [2.75, 3.05) is 27.3 Å². The molecule has 4 aromatic rings. The summed E-state index contributed by atoms with van der Waals surface area (Å²) < 4.78 is 24.6. The molecule has 6 heteroatoms. The van der Waals surface area contributed by atoms with Gasteiger partial charge in [0, 0.05) is 30.2 Å². The molecule has 30 heavy (non-hydrogen) atoms. The molecule has 0 amide bonds. The van der Waals surface area contributed by atoms with Crippen molar-refractivity contribution in [1.82, 2.24) is 14.9 Å². The van der Waals surface area contributed by atoms with E-state index < -0.39 is 0 Å². The average Bonchev–Trinajstić information content (AvgIpc) is 3.13. The van der Waals surface area contributed by atoms with Crippen molar-refractivity contribution in [3.8, 4) is 22.8 Å². The van der Waals surface area contributed by atoms with E-state index in [9.17, 15) is 4.39 Å². The van der Waals surface area contributed by atoms with E-state index in [1.165, 1.54) is 12.1 Å². The molecule has 0 saturated heterocycles. The number of benzene rings is 2. The molecule has 0 atom stereocenters. The van der Waals surface area contributed by atoms with Gasteiger partial charge in [0.05, 0.1) is 12.8 Å². The molecule has 2 heterocycles. The number of H-pyrrole nitrogens is 1. The summed E-state index contributed by atoms with van der Waals surface area (Å²) in [5.74, 6) is 1.21. The molecule has 0 bridgehead atoms. The highest BCUT2D eigenvalue weighted by Crippen LogP contribution is 2.30. The number of methoxy groups -OCH3 is 1. The standard InChI is InChI=1S/C24H24FN3O2/c1-28(14-15-30-22-8-4-3-7-21(22)29-2)16-20-19-6-5-13-26-24(19)27-23(20)17-9-11-18(25)12-10-17/h3-13H,14-16H2,1-2H3,(H,26,27). The summed E-state index contributed by atoms with van der Waals surface area (Å²) in [6.45, 7) is 1.96. The highest BCUT2D eigenvalue weighted by molar-refractivity contribution is 5.88. The van der Waals surface area contributed by atoms with Crippen LogP contribution in [0.1, 0.15) is 5.56 Å². The number of rotatable bonds is 8. The van der Waals surface area contributed by atoms with Crippen LogP contribution in [-0.4, -0.2) is 42.2 Å². The summed E-state index contributed by atoms with van der Waals surface area (Å²) in [4.78, 5) is 10.0. The third kappa shape index (κ3) is 4.28. The lowest BCUT2D eigenvalue weighted by molar-refractivity contribution is 0.226. The number of aromatic nitrogens is 2. The fourth-order valence-corrected chi connectivity index (χ4v) is 3.50. The van der Waals surface area contributed by atoms with Gasteiger partial charge < -0.3 is 14.5 Å². The zero-order valence-electron chi connectivity index (χ0n) is 17.1. The molecule has 0 aliphatic rings. The van der Waals surface area contributed by atoms with Gasteiger partial charge in [0.1, 0.15) is 18.1 Å². The number of aromatic amines is 1. The molecule has 0 spiro atoms. The first kappa shape index (κ1) is 19.9. The molecule has 0 saturated carbocycles. The number of likely N-dealkylation sites (N-methyl/N-ethyl adjacent to an activating group) is 1. The second-order valence-corrected chi connectivity index (χ2v) is 7.12. The first-order valence-corrected chi connectivity index (χ1v) is 9.81. The van der Waals surface area contributed by atoms with Gasteiger partial charge >= 0.3 is 0 Å². The van der Waals surface area contributed by atoms with Crippen LogP contribution in [-0.2, 0) is 6.54 Å². The lowest BCUT2D eigenvalue weighted by Gasteiger charge is -2.18. The van der Waals surface area contributed by atoms with E-state index in [1.54, 1.807) is 25.4 Å². The predicted octanol–water partition coefficient (Wildman–Crippen LogP) is 4.89. The Kier molecular flexibility index (Phi) is 5.95. The highest BCUT2D eigenvalue weighted by atomic mass is 19.1. The van der Waals surface area contributed by atoms with Crippen LogP contribution in [0.25, 0.3) is 22.3 Å². The number of para-hydroxylation sites is 2. The van der Waals surface area contributed by atoms with Crippen LogP contribution < -0.4 is 9.47 Å². The van der Waals surface area contributed by atoms with Crippen LogP contribution >= 0.6 is 0 Å². The number of nitrogens with one attached hydrogen (secondary N) is 1. The number of pyridine rings is 1. The van der Waals surface area contributed by atoms with E-state index in [0.29, 0.717) is 13.2 Å². The van der Waals surface area contributed by atoms with Gasteiger partial charge in [-0.1, -0.05) is 12.1 Å². The Morgan fingerprint density at radius 2 is 1.77 bits per heavy atom. The van der Waals surface area contributed by atoms with Crippen LogP contribution in [0.5, 0.6) is 11.5 Å². The van der Waals surface area contributed by atoms with Gasteiger partial charge in [0.15, 0.2) is 11.5 Å². The summed E-state index contributed by atoms with van der Waals surface area (Å²) in [6.07, 6.45) is 1.77. The van der Waals surface area contributed by atoms with E-state index in [0.717, 1.165) is 45.9 Å². The van der Waals surface area contributed by atoms with Crippen LogP contribution in [0.4, 0.5) is 4.39 Å². The minimum Gasteiger partial charge on any atom is -0.493 e. The minimum atomic E-state index is -0.250. The van der Waals surface area contributed by atoms with Crippen LogP contribution in [0.3, 0.4) is 0 Å². The SMILES string of the molecule is COc1ccccc1OCCN(C)Cc1c(-c2ccc(F)cc2)[nH]c2ncccc12. The molecule has 2 aromatic heterocycles. The molecular formula is C24H24FN3O2. The maximum atomic E-state index is 13.4. The predicted molar refractivity (Wildman–Crippen MR) is 116 cm³/mol. The van der Waals surface area contributed by atoms with Crippen molar-refractivity contribution in [2.45, 2.75) is 6.54 Å². The highest BCUT2D eigenvalue weighted by Gasteiger charge is 2.16. The van der Waals surface area contributed by atoms with Gasteiger partial charge in [-0.3, -0.25) is 4.90 Å². The number of hydrogen-bond donors (Lipinski definition) is 1. The fraction of sp³-hybridized carbons (Fsp3) is 0.208. The van der Waals surface area contributed by atoms with Crippen molar-refractivity contribution in [3.05, 3.63) is 78.2 Å². The Bertz CT molecular complexity index is 1120. The summed E-state index contributed by atoms with van der Waals surface area (Å²) in [6, 6.07) is 18.1. The van der Waals surface area contributed by atoms with Crippen molar-refractivity contribution < 1.29 is 13.9 Å². The van der Waals surface area contributed by atoms with Crippen molar-refractivity contribution >= 4 is 11.0 Å². The zero-order valence-corrected chi connectivity index (χ0v) is 17.1. The van der Waals surface area contributed by atoms with Crippen molar-refractivity contribution in [1.29, 1.82) is 0 Å². The second-order valence-electron chi connectivity index (χ2n) is 7.12. The topological polar surface area (TPSA) is 50.4 Å². The first-order chi connectivity index (χ1) is 14.7. The lowest BCUT2D eigenvalue weighted by Crippen LogP contribution is -2.24. The van der Waals surface area contributed by atoms with Gasteiger partial charge in [-0.2, -0.15) is 0 Å². The largest absolute Gasteiger partial charge is 0.493 e. The number of hydrogen-bond acceptors (Lipinski definition) is 4. The maximum absolute atomic E-state index is 13.4. The van der Waals surface area contributed by atoms with Crippen LogP contribution in [0.2, 0.25) is 0 Å². The van der Waals surface area contributed by atoms with Crippen molar-refractivity contribution in [3.63, 3.8) is 0 Å². The molecular weight excluding hydrogens is 381 g/mol. The van der Waals surface area contributed by atoms with Crippen LogP contribution in [0.15, 0.2) is 66.9 Å². The van der Waals surface area contributed by atoms with E-state index in [4.69, 9.17) is 9.47 Å². The number of fused-ring (bicyclic) bond motifs is 1. The molecule has 4 rings (SSSR count). The Morgan fingerprint density at radius 1 is 1.00 bits per heavy atom. The summed E-state index contributed by atoms with van der Waals surface area (Å²) >= 11 is 0. The number of halogens is 1. The smallest absolute Gasteiger partial charge is 0.161 e. The van der Waals surface area contributed by atoms with E-state index in [2.05, 4.69) is 28.0 Å². The minimum absolute atomic E-state index is 0.250. The maximum Gasteiger partial charge on any atom is 0.161 e. The van der Waals surface area contributed by atoms with Gasteiger partial charge in [-0.15, -0.1) is 0 Å². The molecule has 154 valence electrons. The normalized spacial score (nSPS) is 11.2. The van der Waals surface area contributed by atoms with Gasteiger partial charge in [-0.25, -0.2) is 9.37 Å². The quantitative estimate of drug-likeness (QED) is 0.454. The Labute approximate surface area is 175 Å². The molecule has 0 aliphatic carbocycles. The third-order valence-electron chi connectivity index (χ3n) is 5.04.